The lowest BCUT2D eigenvalue weighted by Gasteiger charge is -2.41. The molecule has 6 nitrogen and oxygen atoms in total. The zero-order valence-electron chi connectivity index (χ0n) is 17.8. The van der Waals surface area contributed by atoms with E-state index in [9.17, 15) is 9.90 Å². The SMILES string of the molecule is CCC(=O)C1CCC(c2ccnc3cnc4[nH]ccc4c23)CC1N1CCC(C)(O)C1. The summed E-state index contributed by atoms with van der Waals surface area (Å²) in [5.41, 5.74) is 2.47. The summed E-state index contributed by atoms with van der Waals surface area (Å²) in [4.78, 5) is 27.4. The fraction of sp³-hybridized carbons (Fsp3) is 0.542. The van der Waals surface area contributed by atoms with Gasteiger partial charge in [0, 0.05) is 54.6 Å². The van der Waals surface area contributed by atoms with Gasteiger partial charge in [0.15, 0.2) is 0 Å². The molecule has 1 saturated heterocycles. The number of fused-ring (bicyclic) bond motifs is 3. The number of carbonyl (C=O) groups excluding carboxylic acids is 1. The first-order valence-corrected chi connectivity index (χ1v) is 11.2. The van der Waals surface area contributed by atoms with Crippen molar-refractivity contribution in [3.05, 3.63) is 36.3 Å². The fourth-order valence-corrected chi connectivity index (χ4v) is 5.75. The van der Waals surface area contributed by atoms with Crippen LogP contribution in [0.15, 0.2) is 30.7 Å². The van der Waals surface area contributed by atoms with E-state index in [-0.39, 0.29) is 12.0 Å². The van der Waals surface area contributed by atoms with Crippen molar-refractivity contribution in [2.24, 2.45) is 5.92 Å². The second-order valence-electron chi connectivity index (χ2n) is 9.38. The third-order valence-corrected chi connectivity index (χ3v) is 7.29. The van der Waals surface area contributed by atoms with Crippen molar-refractivity contribution >= 4 is 27.7 Å². The van der Waals surface area contributed by atoms with Gasteiger partial charge in [-0.15, -0.1) is 0 Å². The van der Waals surface area contributed by atoms with Crippen LogP contribution >= 0.6 is 0 Å². The molecule has 0 spiro atoms. The summed E-state index contributed by atoms with van der Waals surface area (Å²) in [6.07, 6.45) is 9.88. The number of aromatic amines is 1. The van der Waals surface area contributed by atoms with Gasteiger partial charge in [-0.3, -0.25) is 14.7 Å². The first-order chi connectivity index (χ1) is 14.5. The fourth-order valence-electron chi connectivity index (χ4n) is 5.75. The summed E-state index contributed by atoms with van der Waals surface area (Å²) >= 11 is 0. The Morgan fingerprint density at radius 1 is 1.33 bits per heavy atom. The van der Waals surface area contributed by atoms with Crippen molar-refractivity contribution in [1.29, 1.82) is 0 Å². The molecule has 3 aromatic heterocycles. The molecule has 30 heavy (non-hydrogen) atoms. The van der Waals surface area contributed by atoms with Gasteiger partial charge in [0.05, 0.1) is 17.3 Å². The molecule has 2 aliphatic rings. The van der Waals surface area contributed by atoms with Crippen molar-refractivity contribution in [3.63, 3.8) is 0 Å². The molecule has 2 N–H and O–H groups in total. The monoisotopic (exact) mass is 406 g/mol. The summed E-state index contributed by atoms with van der Waals surface area (Å²) in [5, 5.41) is 12.8. The van der Waals surface area contributed by atoms with E-state index in [4.69, 9.17) is 0 Å². The molecule has 5 rings (SSSR count). The molecule has 1 saturated carbocycles. The minimum Gasteiger partial charge on any atom is -0.389 e. The summed E-state index contributed by atoms with van der Waals surface area (Å²) in [5.74, 6) is 0.802. The topological polar surface area (TPSA) is 82.1 Å². The van der Waals surface area contributed by atoms with Crippen molar-refractivity contribution in [2.45, 2.75) is 63.5 Å². The quantitative estimate of drug-likeness (QED) is 0.689. The molecule has 0 radical (unpaired) electrons. The number of likely N-dealkylation sites (tertiary alicyclic amines) is 1. The van der Waals surface area contributed by atoms with Gasteiger partial charge in [0.2, 0.25) is 0 Å². The third-order valence-electron chi connectivity index (χ3n) is 7.29. The van der Waals surface area contributed by atoms with Crippen LogP contribution in [0.5, 0.6) is 0 Å². The summed E-state index contributed by atoms with van der Waals surface area (Å²) in [6, 6.07) is 4.42. The molecule has 1 aliphatic carbocycles. The average Bonchev–Trinajstić information content (AvgIpc) is 3.38. The van der Waals surface area contributed by atoms with Gasteiger partial charge in [0.25, 0.3) is 0 Å². The highest BCUT2D eigenvalue weighted by atomic mass is 16.3. The Morgan fingerprint density at radius 3 is 2.97 bits per heavy atom. The van der Waals surface area contributed by atoms with Gasteiger partial charge >= 0.3 is 0 Å². The Bertz CT molecular complexity index is 1090. The molecule has 4 atom stereocenters. The van der Waals surface area contributed by atoms with Crippen LogP contribution in [0.4, 0.5) is 0 Å². The van der Waals surface area contributed by atoms with E-state index in [1.807, 2.05) is 32.4 Å². The standard InChI is InChI=1S/C24H30N4O2/c1-3-21(29)17-5-4-15(12-20(17)28-11-8-24(2,30)14-28)16-6-9-25-19-13-27-23-18(22(16)19)7-10-26-23/h6-7,9-10,13,15,17,20,30H,3-5,8,11-12,14H2,1-2H3,(H,26,27). The molecule has 3 aromatic rings. The van der Waals surface area contributed by atoms with Gasteiger partial charge in [-0.05, 0) is 56.2 Å². The zero-order chi connectivity index (χ0) is 20.9. The molecule has 0 bridgehead atoms. The van der Waals surface area contributed by atoms with Crippen LogP contribution in [0, 0.1) is 5.92 Å². The van der Waals surface area contributed by atoms with E-state index in [0.717, 1.165) is 48.8 Å². The van der Waals surface area contributed by atoms with Crippen molar-refractivity contribution in [1.82, 2.24) is 19.9 Å². The number of H-pyrrole nitrogens is 1. The second-order valence-corrected chi connectivity index (χ2v) is 9.38. The van der Waals surface area contributed by atoms with E-state index < -0.39 is 5.60 Å². The molecular weight excluding hydrogens is 376 g/mol. The number of β-amino-alcohol motifs (C(OH)–C–C–N with tert-alkyl or cyclic N) is 1. The number of aliphatic hydroxyl groups is 1. The number of nitrogens with zero attached hydrogens (tertiary/aromatic N) is 3. The Morgan fingerprint density at radius 2 is 2.20 bits per heavy atom. The second kappa shape index (κ2) is 7.43. The number of pyridine rings is 2. The molecule has 0 aromatic carbocycles. The molecule has 0 amide bonds. The van der Waals surface area contributed by atoms with Gasteiger partial charge in [-0.25, -0.2) is 4.98 Å². The summed E-state index contributed by atoms with van der Waals surface area (Å²) in [7, 11) is 0. The van der Waals surface area contributed by atoms with E-state index >= 15 is 0 Å². The van der Waals surface area contributed by atoms with Gasteiger partial charge in [-0.1, -0.05) is 6.92 Å². The van der Waals surface area contributed by atoms with E-state index in [1.165, 1.54) is 10.9 Å². The van der Waals surface area contributed by atoms with Crippen LogP contribution < -0.4 is 0 Å². The minimum absolute atomic E-state index is 0.0715. The van der Waals surface area contributed by atoms with Crippen LogP contribution in [-0.4, -0.2) is 55.5 Å². The van der Waals surface area contributed by atoms with E-state index in [1.54, 1.807) is 0 Å². The highest BCUT2D eigenvalue weighted by Crippen LogP contribution is 2.43. The van der Waals surface area contributed by atoms with Crippen LogP contribution in [0.2, 0.25) is 0 Å². The Labute approximate surface area is 176 Å². The predicted octanol–water partition coefficient (Wildman–Crippen LogP) is 3.80. The number of rotatable bonds is 4. The molecule has 6 heteroatoms. The lowest BCUT2D eigenvalue weighted by molar-refractivity contribution is -0.126. The summed E-state index contributed by atoms with van der Waals surface area (Å²) < 4.78 is 0. The van der Waals surface area contributed by atoms with Gasteiger partial charge in [-0.2, -0.15) is 0 Å². The van der Waals surface area contributed by atoms with E-state index in [0.29, 0.717) is 24.7 Å². The molecule has 4 heterocycles. The van der Waals surface area contributed by atoms with Crippen molar-refractivity contribution in [3.8, 4) is 0 Å². The Kier molecular flexibility index (Phi) is 4.86. The van der Waals surface area contributed by atoms with Crippen LogP contribution in [-0.2, 0) is 4.79 Å². The first-order valence-electron chi connectivity index (χ1n) is 11.2. The first kappa shape index (κ1) is 19.6. The predicted molar refractivity (Wildman–Crippen MR) is 117 cm³/mol. The van der Waals surface area contributed by atoms with Crippen LogP contribution in [0.3, 0.4) is 0 Å². The van der Waals surface area contributed by atoms with Crippen LogP contribution in [0.25, 0.3) is 21.9 Å². The maximum Gasteiger partial charge on any atom is 0.137 e. The largest absolute Gasteiger partial charge is 0.389 e. The van der Waals surface area contributed by atoms with Crippen molar-refractivity contribution < 1.29 is 9.90 Å². The number of Topliss-reactive ketones (excluding diaryl/α,β-unsaturated/α-hetero) is 1. The Balaban J connectivity index is 1.53. The smallest absolute Gasteiger partial charge is 0.137 e. The minimum atomic E-state index is -0.654. The third kappa shape index (κ3) is 3.32. The van der Waals surface area contributed by atoms with Crippen molar-refractivity contribution in [2.75, 3.05) is 13.1 Å². The molecule has 4 unspecified atom stereocenters. The normalized spacial score (nSPS) is 30.3. The lowest BCUT2D eigenvalue weighted by Crippen LogP contribution is -2.47. The maximum absolute atomic E-state index is 12.8. The highest BCUT2D eigenvalue weighted by molar-refractivity contribution is 6.05. The zero-order valence-corrected chi connectivity index (χ0v) is 17.8. The lowest BCUT2D eigenvalue weighted by atomic mass is 9.72. The average molecular weight is 407 g/mol. The number of hydrogen-bond acceptors (Lipinski definition) is 5. The van der Waals surface area contributed by atoms with E-state index in [2.05, 4.69) is 32.0 Å². The van der Waals surface area contributed by atoms with Gasteiger partial charge < -0.3 is 10.1 Å². The number of aromatic nitrogens is 3. The molecule has 2 fully saturated rings. The number of nitrogens with one attached hydrogen (secondary N) is 1. The molecular formula is C24H30N4O2. The Hall–Kier alpha value is -2.31. The number of hydrogen-bond donors (Lipinski definition) is 2. The van der Waals surface area contributed by atoms with Gasteiger partial charge in [0.1, 0.15) is 11.4 Å². The van der Waals surface area contributed by atoms with Crippen LogP contribution in [0.1, 0.15) is 57.4 Å². The highest BCUT2D eigenvalue weighted by Gasteiger charge is 2.43. The molecule has 158 valence electrons. The summed E-state index contributed by atoms with van der Waals surface area (Å²) in [6.45, 7) is 5.40. The number of carbonyl (C=O) groups is 1. The maximum atomic E-state index is 12.8. The number of ketones is 1. The molecule has 1 aliphatic heterocycles.